The number of ether oxygens (including phenoxy) is 1. The number of hydrogen-bond donors (Lipinski definition) is 2. The van der Waals surface area contributed by atoms with Crippen LogP contribution in [0.2, 0.25) is 0 Å². The summed E-state index contributed by atoms with van der Waals surface area (Å²) in [5.41, 5.74) is 0.401. The van der Waals surface area contributed by atoms with Gasteiger partial charge in [0.2, 0.25) is 0 Å². The molecule has 0 aliphatic carbocycles. The highest BCUT2D eigenvalue weighted by atomic mass is 32.2. The molecule has 0 aliphatic rings. The van der Waals surface area contributed by atoms with Gasteiger partial charge < -0.3 is 15.2 Å². The molecule has 0 aliphatic heterocycles. The van der Waals surface area contributed by atoms with E-state index in [-0.39, 0.29) is 10.5 Å². The lowest BCUT2D eigenvalue weighted by Crippen LogP contribution is -2.39. The van der Waals surface area contributed by atoms with Gasteiger partial charge in [0.05, 0.1) is 16.6 Å². The van der Waals surface area contributed by atoms with Gasteiger partial charge in [0.25, 0.3) is 0 Å². The molecule has 6 heteroatoms. The van der Waals surface area contributed by atoms with Crippen molar-refractivity contribution in [1.29, 1.82) is 0 Å². The molecular formula is C15H25NO4S. The Labute approximate surface area is 127 Å². The van der Waals surface area contributed by atoms with Crippen LogP contribution in [0.4, 0.5) is 0 Å². The molecule has 0 saturated heterocycles. The predicted octanol–water partition coefficient (Wildman–Crippen LogP) is 1.53. The number of aliphatic hydroxyl groups is 1. The summed E-state index contributed by atoms with van der Waals surface area (Å²) in [4.78, 5) is 0.254. The second-order valence-electron chi connectivity index (χ2n) is 5.68. The summed E-state index contributed by atoms with van der Waals surface area (Å²) in [7, 11) is -3.20. The normalized spacial score (nSPS) is 14.1. The van der Waals surface area contributed by atoms with Crippen molar-refractivity contribution < 1.29 is 18.3 Å². The molecular weight excluding hydrogens is 290 g/mol. The number of aliphatic hydroxyl groups excluding tert-OH is 1. The summed E-state index contributed by atoms with van der Waals surface area (Å²) >= 11 is 0. The lowest BCUT2D eigenvalue weighted by atomic mass is 10.1. The lowest BCUT2D eigenvalue weighted by molar-refractivity contribution is -0.0104. The van der Waals surface area contributed by atoms with Crippen molar-refractivity contribution >= 4 is 9.84 Å². The molecule has 120 valence electrons. The molecule has 0 radical (unpaired) electrons. The van der Waals surface area contributed by atoms with E-state index in [9.17, 15) is 13.5 Å². The highest BCUT2D eigenvalue weighted by molar-refractivity contribution is 7.90. The first kappa shape index (κ1) is 18.1. The van der Waals surface area contributed by atoms with Crippen LogP contribution in [-0.4, -0.2) is 45.1 Å². The Balaban J connectivity index is 2.55. The maximum absolute atomic E-state index is 11.4. The molecule has 2 N–H and O–H groups in total. The minimum Gasteiger partial charge on any atom is -0.387 e. The van der Waals surface area contributed by atoms with E-state index < -0.39 is 15.9 Å². The predicted molar refractivity (Wildman–Crippen MR) is 83.1 cm³/mol. The number of sulfone groups is 1. The van der Waals surface area contributed by atoms with Gasteiger partial charge in [-0.1, -0.05) is 12.1 Å². The van der Waals surface area contributed by atoms with Crippen molar-refractivity contribution in [1.82, 2.24) is 5.32 Å². The van der Waals surface area contributed by atoms with Gasteiger partial charge in [0.15, 0.2) is 9.84 Å². The van der Waals surface area contributed by atoms with Gasteiger partial charge in [0, 0.05) is 26.0 Å². The Morgan fingerprint density at radius 3 is 2.33 bits per heavy atom. The van der Waals surface area contributed by atoms with Crippen LogP contribution in [0, 0.1) is 0 Å². The van der Waals surface area contributed by atoms with Crippen molar-refractivity contribution in [3.63, 3.8) is 0 Å². The summed E-state index contributed by atoms with van der Waals surface area (Å²) in [5.74, 6) is 0. The smallest absolute Gasteiger partial charge is 0.175 e. The summed E-state index contributed by atoms with van der Waals surface area (Å²) in [6.45, 7) is 7.56. The van der Waals surface area contributed by atoms with Gasteiger partial charge in [-0.15, -0.1) is 0 Å². The van der Waals surface area contributed by atoms with Gasteiger partial charge in [0.1, 0.15) is 0 Å². The zero-order valence-corrected chi connectivity index (χ0v) is 13.9. The summed E-state index contributed by atoms with van der Waals surface area (Å²) in [6, 6.07) is 6.29. The van der Waals surface area contributed by atoms with E-state index in [0.29, 0.717) is 25.3 Å². The fourth-order valence-electron chi connectivity index (χ4n) is 2.01. The molecule has 0 fully saturated rings. The molecule has 21 heavy (non-hydrogen) atoms. The Hall–Kier alpha value is -0.950. The van der Waals surface area contributed by atoms with Crippen molar-refractivity contribution in [3.05, 3.63) is 29.8 Å². The van der Waals surface area contributed by atoms with Gasteiger partial charge in [-0.2, -0.15) is 0 Å². The van der Waals surface area contributed by atoms with Crippen molar-refractivity contribution in [2.75, 3.05) is 26.0 Å². The summed E-state index contributed by atoms with van der Waals surface area (Å²) in [5, 5.41) is 13.2. The molecule has 1 unspecified atom stereocenters. The van der Waals surface area contributed by atoms with E-state index in [1.807, 2.05) is 20.8 Å². The molecule has 0 bridgehead atoms. The Bertz CT molecular complexity index is 537. The minimum absolute atomic E-state index is 0.254. The van der Waals surface area contributed by atoms with Crippen LogP contribution in [0.25, 0.3) is 0 Å². The number of nitrogens with one attached hydrogen (secondary N) is 1. The number of hydrogen-bond acceptors (Lipinski definition) is 5. The first-order chi connectivity index (χ1) is 9.65. The Morgan fingerprint density at radius 2 is 1.86 bits per heavy atom. The van der Waals surface area contributed by atoms with E-state index in [2.05, 4.69) is 5.32 Å². The zero-order valence-electron chi connectivity index (χ0n) is 13.1. The summed E-state index contributed by atoms with van der Waals surface area (Å²) in [6.07, 6.45) is 0.478. The molecule has 0 aromatic heterocycles. The molecule has 1 rings (SSSR count). The number of rotatable bonds is 8. The van der Waals surface area contributed by atoms with E-state index >= 15 is 0 Å². The number of benzene rings is 1. The minimum atomic E-state index is -3.20. The Morgan fingerprint density at radius 1 is 1.29 bits per heavy atom. The average Bonchev–Trinajstić information content (AvgIpc) is 2.37. The van der Waals surface area contributed by atoms with Crippen LogP contribution >= 0.6 is 0 Å². The second kappa shape index (κ2) is 7.35. The highest BCUT2D eigenvalue weighted by Gasteiger charge is 2.18. The van der Waals surface area contributed by atoms with Crippen LogP contribution in [0.15, 0.2) is 29.2 Å². The lowest BCUT2D eigenvalue weighted by Gasteiger charge is -2.25. The largest absolute Gasteiger partial charge is 0.387 e. The van der Waals surface area contributed by atoms with Crippen molar-refractivity contribution in [2.45, 2.75) is 37.4 Å². The monoisotopic (exact) mass is 315 g/mol. The van der Waals surface area contributed by atoms with Crippen LogP contribution in [0.5, 0.6) is 0 Å². The summed E-state index contributed by atoms with van der Waals surface area (Å²) < 4.78 is 28.3. The van der Waals surface area contributed by atoms with Crippen LogP contribution in [-0.2, 0) is 14.6 Å². The molecule has 0 heterocycles. The molecule has 1 aromatic rings. The van der Waals surface area contributed by atoms with Crippen LogP contribution in [0.3, 0.4) is 0 Å². The standard InChI is InChI=1S/C15H25NO4S/c1-5-20-15(2,3)11-16-10-14(17)12-6-8-13(9-7-12)21(4,18)19/h6-9,14,16-17H,5,10-11H2,1-4H3. The molecule has 1 atom stereocenters. The Kier molecular flexibility index (Phi) is 6.34. The van der Waals surface area contributed by atoms with E-state index in [0.717, 1.165) is 6.26 Å². The molecule has 5 nitrogen and oxygen atoms in total. The molecule has 1 aromatic carbocycles. The first-order valence-corrected chi connectivity index (χ1v) is 8.87. The van der Waals surface area contributed by atoms with Gasteiger partial charge >= 0.3 is 0 Å². The third-order valence-electron chi connectivity index (χ3n) is 3.12. The maximum Gasteiger partial charge on any atom is 0.175 e. The van der Waals surface area contributed by atoms with E-state index in [1.165, 1.54) is 12.1 Å². The second-order valence-corrected chi connectivity index (χ2v) is 7.70. The fourth-order valence-corrected chi connectivity index (χ4v) is 2.64. The molecule has 0 saturated carbocycles. The molecule has 0 spiro atoms. The van der Waals surface area contributed by atoms with Gasteiger partial charge in [-0.25, -0.2) is 8.42 Å². The third kappa shape index (κ3) is 6.13. The van der Waals surface area contributed by atoms with E-state index in [1.54, 1.807) is 12.1 Å². The quantitative estimate of drug-likeness (QED) is 0.761. The third-order valence-corrected chi connectivity index (χ3v) is 4.24. The van der Waals surface area contributed by atoms with Gasteiger partial charge in [-0.05, 0) is 38.5 Å². The van der Waals surface area contributed by atoms with Crippen molar-refractivity contribution in [2.24, 2.45) is 0 Å². The SMILES string of the molecule is CCOC(C)(C)CNCC(O)c1ccc(S(C)(=O)=O)cc1. The van der Waals surface area contributed by atoms with E-state index in [4.69, 9.17) is 4.74 Å². The first-order valence-electron chi connectivity index (χ1n) is 6.98. The van der Waals surface area contributed by atoms with Crippen LogP contribution < -0.4 is 5.32 Å². The fraction of sp³-hybridized carbons (Fsp3) is 0.600. The van der Waals surface area contributed by atoms with Crippen molar-refractivity contribution in [3.8, 4) is 0 Å². The van der Waals surface area contributed by atoms with Gasteiger partial charge in [-0.3, -0.25) is 0 Å². The van der Waals surface area contributed by atoms with Crippen LogP contribution in [0.1, 0.15) is 32.4 Å². The molecule has 0 amide bonds. The average molecular weight is 315 g/mol. The highest BCUT2D eigenvalue weighted by Crippen LogP contribution is 2.16. The topological polar surface area (TPSA) is 75.6 Å². The zero-order chi connectivity index (χ0) is 16.1. The maximum atomic E-state index is 11.4.